The van der Waals surface area contributed by atoms with Crippen molar-refractivity contribution in [3.05, 3.63) is 34.2 Å². The Hall–Kier alpha value is -2.74. The second-order valence-electron chi connectivity index (χ2n) is 10.1. The molecule has 5 rings (SSSR count). The number of imidazole rings is 1. The van der Waals surface area contributed by atoms with E-state index in [1.807, 2.05) is 4.57 Å². The maximum atomic E-state index is 13.8. The molecule has 11 nitrogen and oxygen atoms in total. The second-order valence-corrected chi connectivity index (χ2v) is 12.9. The summed E-state index contributed by atoms with van der Waals surface area (Å²) in [6.45, 7) is 0.847. The summed E-state index contributed by atoms with van der Waals surface area (Å²) in [5.74, 6) is -0.230. The van der Waals surface area contributed by atoms with E-state index in [1.54, 1.807) is 6.20 Å². The molecule has 3 aromatic rings. The van der Waals surface area contributed by atoms with Crippen molar-refractivity contribution in [2.45, 2.75) is 50.6 Å². The number of piperidine rings is 1. The van der Waals surface area contributed by atoms with E-state index in [4.69, 9.17) is 33.9 Å². The SMILES string of the molecule is CS(=O)(=O)N1CCC(Nc2ncc3nc(Nc4c(Cl)cc(F)cc4Cl)n([C@H]4CC[C@H](C(N)=O)CC4)c3n2)CC1. The maximum absolute atomic E-state index is 13.8. The Labute approximate surface area is 235 Å². The summed E-state index contributed by atoms with van der Waals surface area (Å²) in [6, 6.07) is 2.29. The quantitative estimate of drug-likeness (QED) is 0.368. The molecule has 210 valence electrons. The van der Waals surface area contributed by atoms with Crippen molar-refractivity contribution in [3.63, 3.8) is 0 Å². The van der Waals surface area contributed by atoms with Crippen LogP contribution < -0.4 is 16.4 Å². The number of halogens is 3. The molecule has 1 saturated carbocycles. The van der Waals surface area contributed by atoms with Crippen LogP contribution in [0.25, 0.3) is 11.2 Å². The smallest absolute Gasteiger partial charge is 0.224 e. The molecule has 0 spiro atoms. The van der Waals surface area contributed by atoms with Gasteiger partial charge in [0.2, 0.25) is 27.8 Å². The van der Waals surface area contributed by atoms with Crippen molar-refractivity contribution < 1.29 is 17.6 Å². The van der Waals surface area contributed by atoms with Gasteiger partial charge in [0.05, 0.1) is 28.2 Å². The lowest BCUT2D eigenvalue weighted by Gasteiger charge is -2.30. The average Bonchev–Trinajstić information content (AvgIpc) is 3.23. The second kappa shape index (κ2) is 11.0. The number of sulfonamides is 1. The van der Waals surface area contributed by atoms with E-state index in [1.165, 1.54) is 10.6 Å². The van der Waals surface area contributed by atoms with Crippen LogP contribution in [0.4, 0.5) is 22.0 Å². The van der Waals surface area contributed by atoms with Crippen LogP contribution in [0.2, 0.25) is 10.0 Å². The molecule has 39 heavy (non-hydrogen) atoms. The number of rotatable bonds is 7. The van der Waals surface area contributed by atoms with Gasteiger partial charge in [-0.15, -0.1) is 0 Å². The topological polar surface area (TPSA) is 148 Å². The van der Waals surface area contributed by atoms with Gasteiger partial charge in [-0.2, -0.15) is 4.98 Å². The Morgan fingerprint density at radius 1 is 1.08 bits per heavy atom. The lowest BCUT2D eigenvalue weighted by Crippen LogP contribution is -2.42. The molecular weight excluding hydrogens is 570 g/mol. The molecule has 0 atom stereocenters. The van der Waals surface area contributed by atoms with E-state index in [9.17, 15) is 17.6 Å². The van der Waals surface area contributed by atoms with Crippen LogP contribution in [0, 0.1) is 11.7 Å². The van der Waals surface area contributed by atoms with Crippen molar-refractivity contribution in [2.24, 2.45) is 11.7 Å². The lowest BCUT2D eigenvalue weighted by molar-refractivity contribution is -0.122. The number of hydrogen-bond acceptors (Lipinski definition) is 8. The van der Waals surface area contributed by atoms with Gasteiger partial charge in [-0.25, -0.2) is 27.1 Å². The number of amides is 1. The van der Waals surface area contributed by atoms with E-state index in [-0.39, 0.29) is 34.0 Å². The lowest BCUT2D eigenvalue weighted by atomic mass is 9.85. The Kier molecular flexibility index (Phi) is 7.86. The van der Waals surface area contributed by atoms with Crippen molar-refractivity contribution in [3.8, 4) is 0 Å². The van der Waals surface area contributed by atoms with Gasteiger partial charge in [0.15, 0.2) is 5.65 Å². The first-order chi connectivity index (χ1) is 18.5. The van der Waals surface area contributed by atoms with Crippen molar-refractivity contribution >= 4 is 67.9 Å². The fourth-order valence-electron chi connectivity index (χ4n) is 5.30. The van der Waals surface area contributed by atoms with Crippen molar-refractivity contribution in [1.29, 1.82) is 0 Å². The third-order valence-corrected chi connectivity index (χ3v) is 9.30. The number of benzene rings is 1. The molecular formula is C24H29Cl2FN8O3S. The number of aromatic nitrogens is 4. The van der Waals surface area contributed by atoms with Crippen molar-refractivity contribution in [2.75, 3.05) is 30.0 Å². The highest BCUT2D eigenvalue weighted by Crippen LogP contribution is 2.39. The van der Waals surface area contributed by atoms with Gasteiger partial charge in [-0.1, -0.05) is 23.2 Å². The van der Waals surface area contributed by atoms with Crippen LogP contribution >= 0.6 is 23.2 Å². The zero-order chi connectivity index (χ0) is 27.9. The summed E-state index contributed by atoms with van der Waals surface area (Å²) >= 11 is 12.6. The van der Waals surface area contributed by atoms with Gasteiger partial charge >= 0.3 is 0 Å². The third kappa shape index (κ3) is 6.06. The van der Waals surface area contributed by atoms with E-state index >= 15 is 0 Å². The molecule has 0 radical (unpaired) electrons. The molecule has 0 unspecified atom stereocenters. The third-order valence-electron chi connectivity index (χ3n) is 7.40. The largest absolute Gasteiger partial charge is 0.369 e. The zero-order valence-electron chi connectivity index (χ0n) is 21.2. The molecule has 1 aliphatic heterocycles. The van der Waals surface area contributed by atoms with Crippen LogP contribution in [0.15, 0.2) is 18.3 Å². The summed E-state index contributed by atoms with van der Waals surface area (Å²) in [7, 11) is -3.22. The molecule has 2 fully saturated rings. The monoisotopic (exact) mass is 598 g/mol. The molecule has 1 saturated heterocycles. The molecule has 2 aromatic heterocycles. The fraction of sp³-hybridized carbons (Fsp3) is 0.500. The minimum Gasteiger partial charge on any atom is -0.369 e. The highest BCUT2D eigenvalue weighted by molar-refractivity contribution is 7.88. The van der Waals surface area contributed by atoms with E-state index in [2.05, 4.69) is 20.6 Å². The van der Waals surface area contributed by atoms with Crippen LogP contribution in [0.5, 0.6) is 0 Å². The van der Waals surface area contributed by atoms with E-state index < -0.39 is 15.8 Å². The Bertz CT molecular complexity index is 1480. The highest BCUT2D eigenvalue weighted by Gasteiger charge is 2.30. The number of fused-ring (bicyclic) bond motifs is 1. The average molecular weight is 600 g/mol. The normalized spacial score (nSPS) is 21.2. The summed E-state index contributed by atoms with van der Waals surface area (Å²) in [6.07, 6.45) is 6.69. The van der Waals surface area contributed by atoms with Gasteiger partial charge in [-0.05, 0) is 50.7 Å². The Balaban J connectivity index is 1.46. The molecule has 15 heteroatoms. The molecule has 4 N–H and O–H groups in total. The standard InChI is InChI=1S/C24H29Cl2FN8O3S/c1-39(37,38)34-8-6-15(7-9-34)30-23-29-12-19-22(33-23)35(16-4-2-13(3-5-16)21(28)36)24(31-19)32-20-17(25)10-14(27)11-18(20)26/h10-13,15-16H,2-9H2,1H3,(H2,28,36)(H,31,32)(H,29,30,33)/t13-,16-. The van der Waals surface area contributed by atoms with E-state index in [0.717, 1.165) is 12.1 Å². The van der Waals surface area contributed by atoms with Gasteiger partial charge < -0.3 is 16.4 Å². The maximum Gasteiger partial charge on any atom is 0.224 e. The number of nitrogens with zero attached hydrogens (tertiary/aromatic N) is 5. The molecule has 1 aromatic carbocycles. The Morgan fingerprint density at radius 3 is 2.31 bits per heavy atom. The zero-order valence-corrected chi connectivity index (χ0v) is 23.5. The van der Waals surface area contributed by atoms with Gasteiger partial charge in [-0.3, -0.25) is 9.36 Å². The van der Waals surface area contributed by atoms with Gasteiger partial charge in [0.1, 0.15) is 11.3 Å². The first-order valence-corrected chi connectivity index (χ1v) is 15.3. The van der Waals surface area contributed by atoms with Gasteiger partial charge in [0, 0.05) is 31.1 Å². The van der Waals surface area contributed by atoms with Crippen molar-refractivity contribution in [1.82, 2.24) is 23.8 Å². The molecule has 1 amide bonds. The minimum absolute atomic E-state index is 0.0113. The predicted octanol–water partition coefficient (Wildman–Crippen LogP) is 4.07. The highest BCUT2D eigenvalue weighted by atomic mass is 35.5. The van der Waals surface area contributed by atoms with Crippen LogP contribution in [0.3, 0.4) is 0 Å². The summed E-state index contributed by atoms with van der Waals surface area (Å²) < 4.78 is 40.9. The summed E-state index contributed by atoms with van der Waals surface area (Å²) in [4.78, 5) is 25.6. The minimum atomic E-state index is -3.22. The Morgan fingerprint density at radius 2 is 1.72 bits per heavy atom. The molecule has 0 bridgehead atoms. The number of carbonyl (C=O) groups is 1. The first-order valence-electron chi connectivity index (χ1n) is 12.7. The molecule has 3 heterocycles. The number of nitrogens with one attached hydrogen (secondary N) is 2. The number of nitrogens with two attached hydrogens (primary N) is 1. The van der Waals surface area contributed by atoms with Crippen LogP contribution in [0.1, 0.15) is 44.6 Å². The summed E-state index contributed by atoms with van der Waals surface area (Å²) in [5, 5.41) is 6.69. The number of anilines is 3. The number of hydrogen-bond donors (Lipinski definition) is 3. The van der Waals surface area contributed by atoms with Crippen LogP contribution in [-0.4, -0.2) is 63.5 Å². The van der Waals surface area contributed by atoms with Crippen LogP contribution in [-0.2, 0) is 14.8 Å². The molecule has 1 aliphatic carbocycles. The number of primary amides is 1. The predicted molar refractivity (Wildman–Crippen MR) is 148 cm³/mol. The summed E-state index contributed by atoms with van der Waals surface area (Å²) in [5.41, 5.74) is 6.95. The first kappa shape index (κ1) is 27.8. The number of carbonyl (C=O) groups excluding carboxylic acids is 1. The van der Waals surface area contributed by atoms with Gasteiger partial charge in [0.25, 0.3) is 0 Å². The van der Waals surface area contributed by atoms with E-state index in [0.29, 0.717) is 80.4 Å². The molecule has 2 aliphatic rings. The fourth-order valence-corrected chi connectivity index (χ4v) is 6.73.